The van der Waals surface area contributed by atoms with Crippen LogP contribution < -0.4 is 14.9 Å². The Kier molecular flexibility index (Phi) is 7.87. The third-order valence-corrected chi connectivity index (χ3v) is 5.77. The van der Waals surface area contributed by atoms with Gasteiger partial charge in [-0.3, -0.25) is 14.9 Å². The third-order valence-electron chi connectivity index (χ3n) is 4.94. The number of amides is 1. The fourth-order valence-corrected chi connectivity index (χ4v) is 4.04. The highest BCUT2D eigenvalue weighted by molar-refractivity contribution is 9.10. The number of hydrogen-bond acceptors (Lipinski definition) is 7. The first-order chi connectivity index (χ1) is 17.3. The third kappa shape index (κ3) is 6.02. The second-order valence-corrected chi connectivity index (χ2v) is 8.76. The molecule has 1 aromatic heterocycles. The van der Waals surface area contributed by atoms with Crippen molar-refractivity contribution in [1.82, 2.24) is 5.43 Å². The molecule has 1 heterocycles. The molecule has 0 saturated heterocycles. The number of hydrazone groups is 1. The van der Waals surface area contributed by atoms with Crippen LogP contribution in [0.15, 0.2) is 74.7 Å². The van der Waals surface area contributed by atoms with Gasteiger partial charge in [-0.2, -0.15) is 5.10 Å². The van der Waals surface area contributed by atoms with Crippen LogP contribution in [0.25, 0.3) is 11.0 Å². The van der Waals surface area contributed by atoms with E-state index >= 15 is 0 Å². The molecule has 0 aliphatic heterocycles. The van der Waals surface area contributed by atoms with Gasteiger partial charge in [0.1, 0.15) is 12.2 Å². The van der Waals surface area contributed by atoms with Crippen LogP contribution >= 0.6 is 27.5 Å². The molecule has 1 N–H and O–H groups in total. The lowest BCUT2D eigenvalue weighted by molar-refractivity contribution is -0.384. The zero-order valence-electron chi connectivity index (χ0n) is 18.9. The molecule has 0 bridgehead atoms. The minimum Gasteiger partial charge on any atom is -0.490 e. The average molecular weight is 573 g/mol. The summed E-state index contributed by atoms with van der Waals surface area (Å²) >= 11 is 9.46. The number of carbonyl (C=O) groups excluding carboxylic acids is 1. The lowest BCUT2D eigenvalue weighted by atomic mass is 10.2. The van der Waals surface area contributed by atoms with E-state index in [-0.39, 0.29) is 18.1 Å². The van der Waals surface area contributed by atoms with E-state index in [0.717, 1.165) is 5.56 Å². The van der Waals surface area contributed by atoms with Crippen molar-refractivity contribution < 1.29 is 23.6 Å². The van der Waals surface area contributed by atoms with Crippen molar-refractivity contribution in [1.29, 1.82) is 0 Å². The van der Waals surface area contributed by atoms with E-state index in [0.29, 0.717) is 44.1 Å². The summed E-state index contributed by atoms with van der Waals surface area (Å²) in [5.41, 5.74) is 4.39. The van der Waals surface area contributed by atoms with Gasteiger partial charge in [-0.1, -0.05) is 11.6 Å². The first kappa shape index (κ1) is 25.2. The molecular formula is C25H19BrClN3O6. The molecular weight excluding hydrogens is 554 g/mol. The van der Waals surface area contributed by atoms with Gasteiger partial charge >= 0.3 is 5.91 Å². The number of halogens is 2. The summed E-state index contributed by atoms with van der Waals surface area (Å²) in [6.07, 6.45) is 1.46. The zero-order chi connectivity index (χ0) is 25.7. The first-order valence-electron chi connectivity index (χ1n) is 10.7. The summed E-state index contributed by atoms with van der Waals surface area (Å²) in [5, 5.41) is 16.1. The van der Waals surface area contributed by atoms with E-state index in [9.17, 15) is 14.9 Å². The highest BCUT2D eigenvalue weighted by Gasteiger charge is 2.14. The number of nitro groups is 1. The fourth-order valence-electron chi connectivity index (χ4n) is 3.28. The molecule has 0 saturated carbocycles. The molecule has 36 heavy (non-hydrogen) atoms. The summed E-state index contributed by atoms with van der Waals surface area (Å²) in [5.74, 6) is 0.536. The Morgan fingerprint density at radius 1 is 1.17 bits per heavy atom. The van der Waals surface area contributed by atoms with Crippen LogP contribution in [0, 0.1) is 10.1 Å². The van der Waals surface area contributed by atoms with Crippen molar-refractivity contribution in [2.24, 2.45) is 5.10 Å². The number of nitro benzene ring substituents is 1. The number of benzene rings is 3. The molecule has 184 valence electrons. The maximum atomic E-state index is 12.4. The Morgan fingerprint density at radius 2 is 1.94 bits per heavy atom. The van der Waals surface area contributed by atoms with E-state index in [2.05, 4.69) is 26.5 Å². The van der Waals surface area contributed by atoms with E-state index in [4.69, 9.17) is 25.5 Å². The molecule has 0 aliphatic rings. The lowest BCUT2D eigenvalue weighted by Gasteiger charge is -2.14. The SMILES string of the molecule is CCOc1cc(/C=N/NC(=O)c2cc3cc(Cl)ccc3o2)cc(Br)c1OCc1ccc([N+](=O)[O-])cc1. The van der Waals surface area contributed by atoms with Gasteiger partial charge in [0.25, 0.3) is 5.69 Å². The first-order valence-corrected chi connectivity index (χ1v) is 11.9. The van der Waals surface area contributed by atoms with Gasteiger partial charge < -0.3 is 13.9 Å². The highest BCUT2D eigenvalue weighted by atomic mass is 79.9. The number of fused-ring (bicyclic) bond motifs is 1. The second kappa shape index (κ2) is 11.2. The van der Waals surface area contributed by atoms with Crippen molar-refractivity contribution in [3.63, 3.8) is 0 Å². The number of carbonyl (C=O) groups is 1. The molecule has 0 spiro atoms. The quantitative estimate of drug-likeness (QED) is 0.139. The molecule has 0 unspecified atom stereocenters. The number of non-ortho nitro benzene ring substituents is 1. The van der Waals surface area contributed by atoms with Crippen LogP contribution in [0.1, 0.15) is 28.6 Å². The van der Waals surface area contributed by atoms with Crippen molar-refractivity contribution in [2.75, 3.05) is 6.61 Å². The number of furan rings is 1. The van der Waals surface area contributed by atoms with Gasteiger partial charge in [-0.25, -0.2) is 5.43 Å². The van der Waals surface area contributed by atoms with Crippen molar-refractivity contribution in [3.8, 4) is 11.5 Å². The Labute approximate surface area is 218 Å². The van der Waals surface area contributed by atoms with Gasteiger partial charge in [0.15, 0.2) is 17.3 Å². The average Bonchev–Trinajstić information content (AvgIpc) is 3.27. The molecule has 0 radical (unpaired) electrons. The predicted octanol–water partition coefficient (Wildman–Crippen LogP) is 6.50. The van der Waals surface area contributed by atoms with Gasteiger partial charge in [0.05, 0.1) is 22.2 Å². The Morgan fingerprint density at radius 3 is 2.67 bits per heavy atom. The monoisotopic (exact) mass is 571 g/mol. The number of rotatable bonds is 9. The normalized spacial score (nSPS) is 11.1. The van der Waals surface area contributed by atoms with Crippen LogP contribution in [0.4, 0.5) is 5.69 Å². The Balaban J connectivity index is 1.45. The fraction of sp³-hybridized carbons (Fsp3) is 0.120. The maximum Gasteiger partial charge on any atom is 0.307 e. The molecule has 4 aromatic rings. The molecule has 1 amide bonds. The van der Waals surface area contributed by atoms with Gasteiger partial charge in [-0.05, 0) is 82.5 Å². The predicted molar refractivity (Wildman–Crippen MR) is 139 cm³/mol. The summed E-state index contributed by atoms with van der Waals surface area (Å²) in [7, 11) is 0. The van der Waals surface area contributed by atoms with Crippen molar-refractivity contribution >= 4 is 56.3 Å². The highest BCUT2D eigenvalue weighted by Crippen LogP contribution is 2.37. The van der Waals surface area contributed by atoms with Gasteiger partial charge in [-0.15, -0.1) is 0 Å². The number of nitrogens with zero attached hydrogens (tertiary/aromatic N) is 2. The number of nitrogens with one attached hydrogen (secondary N) is 1. The van der Waals surface area contributed by atoms with Crippen LogP contribution in [-0.2, 0) is 6.61 Å². The smallest absolute Gasteiger partial charge is 0.307 e. The van der Waals surface area contributed by atoms with E-state index in [1.54, 1.807) is 48.5 Å². The molecule has 3 aromatic carbocycles. The van der Waals surface area contributed by atoms with Crippen LogP contribution in [0.2, 0.25) is 5.02 Å². The largest absolute Gasteiger partial charge is 0.490 e. The Hall–Kier alpha value is -3.89. The summed E-state index contributed by atoms with van der Waals surface area (Å²) in [6, 6.07) is 16.3. The molecule has 0 atom stereocenters. The minimum atomic E-state index is -0.509. The van der Waals surface area contributed by atoms with E-state index in [1.165, 1.54) is 18.3 Å². The topological polar surface area (TPSA) is 116 Å². The van der Waals surface area contributed by atoms with Crippen molar-refractivity contribution in [3.05, 3.63) is 97.2 Å². The van der Waals surface area contributed by atoms with E-state index < -0.39 is 10.8 Å². The van der Waals surface area contributed by atoms with Crippen LogP contribution in [0.5, 0.6) is 11.5 Å². The van der Waals surface area contributed by atoms with Crippen LogP contribution in [-0.4, -0.2) is 23.7 Å². The molecule has 0 aliphatic carbocycles. The van der Waals surface area contributed by atoms with Crippen LogP contribution in [0.3, 0.4) is 0 Å². The Bertz CT molecular complexity index is 1450. The number of ether oxygens (including phenoxy) is 2. The summed E-state index contributed by atoms with van der Waals surface area (Å²) in [4.78, 5) is 22.8. The zero-order valence-corrected chi connectivity index (χ0v) is 21.2. The molecule has 11 heteroatoms. The van der Waals surface area contributed by atoms with E-state index in [1.807, 2.05) is 6.92 Å². The standard InChI is InChI=1S/C25H19BrClN3O6/c1-2-34-22-10-16(9-20(26)24(22)35-14-15-3-6-19(7-4-15)30(32)33)13-28-29-25(31)23-12-17-11-18(27)5-8-21(17)36-23/h3-13H,2,14H2,1H3,(H,29,31)/b28-13+. The summed E-state index contributed by atoms with van der Waals surface area (Å²) < 4.78 is 17.8. The van der Waals surface area contributed by atoms with Gasteiger partial charge in [0, 0.05) is 22.5 Å². The second-order valence-electron chi connectivity index (χ2n) is 7.47. The molecule has 9 nitrogen and oxygen atoms in total. The molecule has 0 fully saturated rings. The summed E-state index contributed by atoms with van der Waals surface area (Å²) in [6.45, 7) is 2.42. The van der Waals surface area contributed by atoms with Crippen molar-refractivity contribution in [2.45, 2.75) is 13.5 Å². The molecule has 4 rings (SSSR count). The van der Waals surface area contributed by atoms with Gasteiger partial charge in [0.2, 0.25) is 0 Å². The maximum absolute atomic E-state index is 12.4. The number of hydrogen-bond donors (Lipinski definition) is 1. The lowest BCUT2D eigenvalue weighted by Crippen LogP contribution is -2.16. The minimum absolute atomic E-state index is 0.00962.